The number of nitrogens with one attached hydrogen (secondary N) is 2. The molecule has 2 N–H and O–H groups in total. The van der Waals surface area contributed by atoms with Crippen molar-refractivity contribution < 1.29 is 14.4 Å². The van der Waals surface area contributed by atoms with Crippen molar-refractivity contribution in [2.45, 2.75) is 84.2 Å². The molecule has 1 aliphatic carbocycles. The van der Waals surface area contributed by atoms with E-state index < -0.39 is 11.6 Å². The fourth-order valence-electron chi connectivity index (χ4n) is 5.02. The maximum absolute atomic E-state index is 13.2. The summed E-state index contributed by atoms with van der Waals surface area (Å²) in [5.41, 5.74) is 0.432. The summed E-state index contributed by atoms with van der Waals surface area (Å²) in [5, 5.41) is 5.95. The van der Waals surface area contributed by atoms with Gasteiger partial charge in [-0.1, -0.05) is 70.9 Å². The zero-order chi connectivity index (χ0) is 22.6. The van der Waals surface area contributed by atoms with Crippen LogP contribution in [0.2, 0.25) is 0 Å². The number of hydrogen-bond donors (Lipinski definition) is 2. The second kappa shape index (κ2) is 9.41. The molecule has 6 nitrogen and oxygen atoms in total. The standard InChI is InChI=1S/C25H37N3O3/c1-5-10-20(18-11-8-7-9-12-18)26-21(29)17-28-22(30)25(27-23(28)31)15-13-19(14-16-25)24(3,4)6-2/h7-9,11-12,19-20H,5-6,10,13-17H2,1-4H3,(H,26,29)(H,27,31). The van der Waals surface area contributed by atoms with E-state index >= 15 is 0 Å². The van der Waals surface area contributed by atoms with Crippen LogP contribution in [0.5, 0.6) is 0 Å². The van der Waals surface area contributed by atoms with E-state index in [4.69, 9.17) is 0 Å². The number of imide groups is 1. The number of hydrogen-bond acceptors (Lipinski definition) is 3. The number of benzene rings is 1. The second-order valence-electron chi connectivity index (χ2n) is 9.84. The summed E-state index contributed by atoms with van der Waals surface area (Å²) < 4.78 is 0. The molecule has 1 heterocycles. The Kier molecular flexibility index (Phi) is 7.07. The molecule has 0 aromatic heterocycles. The summed E-state index contributed by atoms with van der Waals surface area (Å²) in [6.07, 6.45) is 5.94. The van der Waals surface area contributed by atoms with Gasteiger partial charge >= 0.3 is 6.03 Å². The number of amides is 4. The van der Waals surface area contributed by atoms with Gasteiger partial charge in [-0.25, -0.2) is 4.79 Å². The Balaban J connectivity index is 1.63. The van der Waals surface area contributed by atoms with E-state index in [0.717, 1.165) is 42.6 Å². The van der Waals surface area contributed by atoms with E-state index in [1.807, 2.05) is 30.3 Å². The van der Waals surface area contributed by atoms with Crippen molar-refractivity contribution in [3.8, 4) is 0 Å². The topological polar surface area (TPSA) is 78.5 Å². The maximum atomic E-state index is 13.2. The third-order valence-electron chi connectivity index (χ3n) is 7.52. The summed E-state index contributed by atoms with van der Waals surface area (Å²) >= 11 is 0. The average molecular weight is 428 g/mol. The van der Waals surface area contributed by atoms with Crippen LogP contribution in [0.4, 0.5) is 4.79 Å². The second-order valence-corrected chi connectivity index (χ2v) is 9.84. The largest absolute Gasteiger partial charge is 0.348 e. The Hall–Kier alpha value is -2.37. The molecule has 1 aromatic carbocycles. The molecule has 1 unspecified atom stereocenters. The molecule has 4 amide bonds. The number of carbonyl (C=O) groups excluding carboxylic acids is 3. The predicted molar refractivity (Wildman–Crippen MR) is 121 cm³/mol. The molecule has 2 fully saturated rings. The van der Waals surface area contributed by atoms with Crippen molar-refractivity contribution in [3.05, 3.63) is 35.9 Å². The number of urea groups is 1. The molecular weight excluding hydrogens is 390 g/mol. The van der Waals surface area contributed by atoms with Crippen LogP contribution in [0.25, 0.3) is 0 Å². The van der Waals surface area contributed by atoms with E-state index in [-0.39, 0.29) is 29.8 Å². The molecular formula is C25H37N3O3. The van der Waals surface area contributed by atoms with Crippen molar-refractivity contribution in [1.82, 2.24) is 15.5 Å². The van der Waals surface area contributed by atoms with Gasteiger partial charge < -0.3 is 10.6 Å². The minimum absolute atomic E-state index is 0.125. The van der Waals surface area contributed by atoms with Crippen LogP contribution < -0.4 is 10.6 Å². The Morgan fingerprint density at radius 1 is 1.19 bits per heavy atom. The van der Waals surface area contributed by atoms with Gasteiger partial charge in [-0.15, -0.1) is 0 Å². The van der Waals surface area contributed by atoms with Crippen LogP contribution >= 0.6 is 0 Å². The zero-order valence-electron chi connectivity index (χ0n) is 19.4. The third kappa shape index (κ3) is 4.94. The van der Waals surface area contributed by atoms with Gasteiger partial charge in [-0.3, -0.25) is 14.5 Å². The maximum Gasteiger partial charge on any atom is 0.325 e. The number of carbonyl (C=O) groups is 3. The highest BCUT2D eigenvalue weighted by atomic mass is 16.2. The van der Waals surface area contributed by atoms with E-state index in [1.54, 1.807) is 0 Å². The number of nitrogens with zero attached hydrogens (tertiary/aromatic N) is 1. The third-order valence-corrected chi connectivity index (χ3v) is 7.52. The van der Waals surface area contributed by atoms with Crippen LogP contribution in [0.15, 0.2) is 30.3 Å². The molecule has 1 saturated heterocycles. The minimum atomic E-state index is -0.833. The highest BCUT2D eigenvalue weighted by molar-refractivity contribution is 6.09. The first-order valence-electron chi connectivity index (χ1n) is 11.7. The van der Waals surface area contributed by atoms with Gasteiger partial charge in [-0.2, -0.15) is 0 Å². The van der Waals surface area contributed by atoms with E-state index in [0.29, 0.717) is 18.8 Å². The fourth-order valence-corrected chi connectivity index (χ4v) is 5.02. The van der Waals surface area contributed by atoms with Gasteiger partial charge in [0, 0.05) is 0 Å². The Bertz CT molecular complexity index is 797. The van der Waals surface area contributed by atoms with Gasteiger partial charge in [0.25, 0.3) is 5.91 Å². The van der Waals surface area contributed by atoms with Crippen LogP contribution in [0.1, 0.15) is 84.2 Å². The molecule has 0 radical (unpaired) electrons. The SMILES string of the molecule is CCCC(NC(=O)CN1C(=O)NC2(CCC(C(C)(C)CC)CC2)C1=O)c1ccccc1. The average Bonchev–Trinajstić information content (AvgIpc) is 2.98. The van der Waals surface area contributed by atoms with Gasteiger partial charge in [0.05, 0.1) is 6.04 Å². The lowest BCUT2D eigenvalue weighted by Crippen LogP contribution is -2.51. The van der Waals surface area contributed by atoms with Crippen LogP contribution in [-0.4, -0.2) is 34.8 Å². The van der Waals surface area contributed by atoms with Crippen LogP contribution in [0, 0.1) is 11.3 Å². The quantitative estimate of drug-likeness (QED) is 0.597. The molecule has 1 spiro atoms. The highest BCUT2D eigenvalue weighted by Gasteiger charge is 2.53. The number of rotatable bonds is 8. The fraction of sp³-hybridized carbons (Fsp3) is 0.640. The first-order chi connectivity index (χ1) is 14.7. The molecule has 170 valence electrons. The Morgan fingerprint density at radius 3 is 2.42 bits per heavy atom. The van der Waals surface area contributed by atoms with E-state index in [1.165, 1.54) is 0 Å². The predicted octanol–water partition coefficient (Wildman–Crippen LogP) is 4.56. The molecule has 31 heavy (non-hydrogen) atoms. The minimum Gasteiger partial charge on any atom is -0.348 e. The summed E-state index contributed by atoms with van der Waals surface area (Å²) in [6.45, 7) is 8.60. The molecule has 2 aliphatic rings. The smallest absolute Gasteiger partial charge is 0.325 e. The van der Waals surface area contributed by atoms with E-state index in [2.05, 4.69) is 38.3 Å². The Morgan fingerprint density at radius 2 is 1.84 bits per heavy atom. The Labute approximate surface area is 186 Å². The zero-order valence-corrected chi connectivity index (χ0v) is 19.4. The molecule has 0 bridgehead atoms. The van der Waals surface area contributed by atoms with Crippen molar-refractivity contribution in [1.29, 1.82) is 0 Å². The summed E-state index contributed by atoms with van der Waals surface area (Å²) in [7, 11) is 0. The molecule has 6 heteroatoms. The van der Waals surface area contributed by atoms with Crippen molar-refractivity contribution in [2.24, 2.45) is 11.3 Å². The summed E-state index contributed by atoms with van der Waals surface area (Å²) in [4.78, 5) is 39.7. The lowest BCUT2D eigenvalue weighted by Gasteiger charge is -2.42. The lowest BCUT2D eigenvalue weighted by molar-refractivity contribution is -0.136. The lowest BCUT2D eigenvalue weighted by atomic mass is 9.65. The van der Waals surface area contributed by atoms with E-state index in [9.17, 15) is 14.4 Å². The van der Waals surface area contributed by atoms with Crippen molar-refractivity contribution in [3.63, 3.8) is 0 Å². The molecule has 1 atom stereocenters. The monoisotopic (exact) mass is 427 g/mol. The summed E-state index contributed by atoms with van der Waals surface area (Å²) in [6, 6.07) is 9.24. The van der Waals surface area contributed by atoms with Gasteiger partial charge in [0.15, 0.2) is 0 Å². The van der Waals surface area contributed by atoms with Gasteiger partial charge in [0.2, 0.25) is 5.91 Å². The highest BCUT2D eigenvalue weighted by Crippen LogP contribution is 2.45. The molecule has 1 saturated carbocycles. The van der Waals surface area contributed by atoms with Crippen molar-refractivity contribution >= 4 is 17.8 Å². The van der Waals surface area contributed by atoms with Gasteiger partial charge in [0.1, 0.15) is 12.1 Å². The normalized spacial score (nSPS) is 24.9. The molecule has 1 aromatic rings. The first-order valence-corrected chi connectivity index (χ1v) is 11.7. The molecule has 1 aliphatic heterocycles. The summed E-state index contributed by atoms with van der Waals surface area (Å²) in [5.74, 6) is 0.00154. The van der Waals surface area contributed by atoms with Crippen LogP contribution in [-0.2, 0) is 9.59 Å². The van der Waals surface area contributed by atoms with Crippen molar-refractivity contribution in [2.75, 3.05) is 6.54 Å². The molecule has 3 rings (SSSR count). The van der Waals surface area contributed by atoms with Crippen LogP contribution in [0.3, 0.4) is 0 Å². The first kappa shape index (κ1) is 23.3. The van der Waals surface area contributed by atoms with Gasteiger partial charge in [-0.05, 0) is 49.0 Å².